The van der Waals surface area contributed by atoms with Crippen LogP contribution in [-0.4, -0.2) is 20.8 Å². The number of carbonyl (C=O) groups excluding carboxylic acids is 1. The molecule has 5 rings (SSSR count). The van der Waals surface area contributed by atoms with E-state index in [-0.39, 0.29) is 5.69 Å². The predicted molar refractivity (Wildman–Crippen MR) is 143 cm³/mol. The van der Waals surface area contributed by atoms with Crippen molar-refractivity contribution in [1.82, 2.24) is 14.8 Å². The minimum absolute atomic E-state index is 0.0492. The number of hydrogen-bond acceptors (Lipinski definition) is 3. The van der Waals surface area contributed by atoms with Gasteiger partial charge in [-0.3, -0.25) is 9.67 Å². The third-order valence-corrected chi connectivity index (χ3v) is 6.46. The first-order valence-electron chi connectivity index (χ1n) is 12.2. The molecule has 0 aliphatic heterocycles. The van der Waals surface area contributed by atoms with Gasteiger partial charge in [-0.05, 0) is 60.7 Å². The second-order valence-electron chi connectivity index (χ2n) is 9.41. The van der Waals surface area contributed by atoms with Crippen LogP contribution in [0.5, 0.6) is 0 Å². The van der Waals surface area contributed by atoms with E-state index in [0.717, 1.165) is 46.3 Å². The molecule has 1 aliphatic carbocycles. The van der Waals surface area contributed by atoms with Crippen molar-refractivity contribution >= 4 is 28.3 Å². The molecule has 2 N–H and O–H groups in total. The molecule has 0 bridgehead atoms. The van der Waals surface area contributed by atoms with E-state index in [9.17, 15) is 18.0 Å². The fourth-order valence-electron chi connectivity index (χ4n) is 4.51. The Bertz CT molecular complexity index is 1550. The summed E-state index contributed by atoms with van der Waals surface area (Å²) in [7, 11) is 0. The molecule has 2 aromatic heterocycles. The fraction of sp³-hybridized carbons (Fsp3) is 0.207. The van der Waals surface area contributed by atoms with E-state index in [1.807, 2.05) is 29.9 Å². The highest BCUT2D eigenvalue weighted by Gasteiger charge is 2.30. The number of aromatic nitrogens is 3. The predicted octanol–water partition coefficient (Wildman–Crippen LogP) is 7.59. The fourth-order valence-corrected chi connectivity index (χ4v) is 4.51. The Balaban J connectivity index is 1.32. The molecule has 194 valence electrons. The number of nitrogens with zero attached hydrogens (tertiary/aromatic N) is 3. The molecule has 0 saturated carbocycles. The monoisotopic (exact) mass is 517 g/mol. The number of pyridine rings is 1. The maximum absolute atomic E-state index is 12.9. The molecule has 0 fully saturated rings. The topological polar surface area (TPSA) is 71.8 Å². The third kappa shape index (κ3) is 5.46. The van der Waals surface area contributed by atoms with Gasteiger partial charge in [0, 0.05) is 28.5 Å². The van der Waals surface area contributed by atoms with E-state index >= 15 is 0 Å². The molecule has 1 unspecified atom stereocenters. The molecule has 0 radical (unpaired) electrons. The molecule has 6 nitrogen and oxygen atoms in total. The van der Waals surface area contributed by atoms with E-state index in [4.69, 9.17) is 5.10 Å². The van der Waals surface area contributed by atoms with Crippen molar-refractivity contribution in [2.24, 2.45) is 5.92 Å². The highest BCUT2D eigenvalue weighted by Crippen LogP contribution is 2.32. The van der Waals surface area contributed by atoms with Gasteiger partial charge in [0.1, 0.15) is 0 Å². The van der Waals surface area contributed by atoms with Gasteiger partial charge in [-0.25, -0.2) is 4.79 Å². The number of carbonyl (C=O) groups is 1. The van der Waals surface area contributed by atoms with Gasteiger partial charge < -0.3 is 10.6 Å². The van der Waals surface area contributed by atoms with E-state index in [2.05, 4.69) is 40.8 Å². The van der Waals surface area contributed by atoms with Crippen LogP contribution in [0.1, 0.15) is 24.6 Å². The smallest absolute Gasteiger partial charge is 0.308 e. The normalized spacial score (nSPS) is 15.4. The number of rotatable bonds is 5. The molecule has 0 saturated heterocycles. The number of urea groups is 1. The maximum atomic E-state index is 12.9. The largest absolute Gasteiger partial charge is 0.416 e. The van der Waals surface area contributed by atoms with Crippen molar-refractivity contribution in [3.63, 3.8) is 0 Å². The van der Waals surface area contributed by atoms with Crippen LogP contribution < -0.4 is 10.6 Å². The highest BCUT2D eigenvalue weighted by atomic mass is 19.4. The van der Waals surface area contributed by atoms with E-state index < -0.39 is 17.8 Å². The van der Waals surface area contributed by atoms with Gasteiger partial charge in [0.05, 0.1) is 29.5 Å². The Hall–Kier alpha value is -4.40. The van der Waals surface area contributed by atoms with Gasteiger partial charge in [0.2, 0.25) is 0 Å². The summed E-state index contributed by atoms with van der Waals surface area (Å²) in [6.07, 6.45) is 6.77. The molecule has 0 spiro atoms. The summed E-state index contributed by atoms with van der Waals surface area (Å²) in [4.78, 5) is 16.8. The lowest BCUT2D eigenvalue weighted by molar-refractivity contribution is -0.137. The van der Waals surface area contributed by atoms with Crippen molar-refractivity contribution < 1.29 is 18.0 Å². The SMILES string of the molecule is Cc1nn(CC2=CCC(C)C=C2)c2cncc(-c3ccc(NC(=O)Nc4cccc(C(F)(F)F)c4)cc3)c12. The number of aryl methyl sites for hydroxylation is 1. The van der Waals surface area contributed by atoms with E-state index in [0.29, 0.717) is 18.2 Å². The number of hydrogen-bond donors (Lipinski definition) is 2. The van der Waals surface area contributed by atoms with E-state index in [1.165, 1.54) is 17.7 Å². The number of benzene rings is 2. The summed E-state index contributed by atoms with van der Waals surface area (Å²) < 4.78 is 40.8. The summed E-state index contributed by atoms with van der Waals surface area (Å²) in [5.41, 5.74) is 4.60. The Morgan fingerprint density at radius 3 is 2.55 bits per heavy atom. The summed E-state index contributed by atoms with van der Waals surface area (Å²) in [5.74, 6) is 0.548. The van der Waals surface area contributed by atoms with Gasteiger partial charge in [-0.2, -0.15) is 18.3 Å². The number of anilines is 2. The van der Waals surface area contributed by atoms with Gasteiger partial charge in [0.25, 0.3) is 0 Å². The summed E-state index contributed by atoms with van der Waals surface area (Å²) in [5, 5.41) is 10.9. The van der Waals surface area contributed by atoms with Crippen molar-refractivity contribution in [3.8, 4) is 11.1 Å². The number of allylic oxidation sites excluding steroid dienone is 4. The average molecular weight is 518 g/mol. The zero-order valence-corrected chi connectivity index (χ0v) is 20.9. The van der Waals surface area contributed by atoms with Gasteiger partial charge in [-0.1, -0.05) is 43.4 Å². The maximum Gasteiger partial charge on any atom is 0.416 e. The summed E-state index contributed by atoms with van der Waals surface area (Å²) >= 11 is 0. The average Bonchev–Trinajstić information content (AvgIpc) is 3.21. The second-order valence-corrected chi connectivity index (χ2v) is 9.41. The molecule has 2 aromatic carbocycles. The number of fused-ring (bicyclic) bond motifs is 1. The van der Waals surface area contributed by atoms with Gasteiger partial charge >= 0.3 is 12.2 Å². The molecule has 4 aromatic rings. The lowest BCUT2D eigenvalue weighted by atomic mass is 9.98. The quantitative estimate of drug-likeness (QED) is 0.286. The van der Waals surface area contributed by atoms with Crippen LogP contribution in [0.3, 0.4) is 0 Å². The van der Waals surface area contributed by atoms with Gasteiger partial charge in [0.15, 0.2) is 0 Å². The van der Waals surface area contributed by atoms with E-state index in [1.54, 1.807) is 18.3 Å². The lowest BCUT2D eigenvalue weighted by Gasteiger charge is -2.12. The number of halogens is 3. The van der Waals surface area contributed by atoms with Crippen LogP contribution in [0.15, 0.2) is 84.7 Å². The Labute approximate surface area is 217 Å². The minimum atomic E-state index is -4.49. The second kappa shape index (κ2) is 10.2. The standard InChI is InChI=1S/C29H26F3N5O/c1-18-6-8-20(9-7-18)17-37-26-16-33-15-25(27(26)19(2)36-37)21-10-12-23(13-11-21)34-28(38)35-24-5-3-4-22(14-24)29(30,31)32/h3-6,8-16,18H,7,17H2,1-2H3,(H2,34,35,38). The van der Waals surface area contributed by atoms with Crippen molar-refractivity contribution in [1.29, 1.82) is 0 Å². The van der Waals surface area contributed by atoms with Crippen LogP contribution in [0.4, 0.5) is 29.3 Å². The first-order valence-corrected chi connectivity index (χ1v) is 12.2. The summed E-state index contributed by atoms with van der Waals surface area (Å²) in [6.45, 7) is 4.84. The summed E-state index contributed by atoms with van der Waals surface area (Å²) in [6, 6.07) is 11.0. The molecule has 9 heteroatoms. The molecule has 38 heavy (non-hydrogen) atoms. The van der Waals surface area contributed by atoms with Crippen LogP contribution in [0.2, 0.25) is 0 Å². The number of nitrogens with one attached hydrogen (secondary N) is 2. The molecule has 1 atom stereocenters. The molecule has 2 amide bonds. The molecular weight excluding hydrogens is 491 g/mol. The highest BCUT2D eigenvalue weighted by molar-refractivity contribution is 6.00. The first kappa shape index (κ1) is 25.3. The minimum Gasteiger partial charge on any atom is -0.308 e. The van der Waals surface area contributed by atoms with Gasteiger partial charge in [-0.15, -0.1) is 0 Å². The zero-order valence-electron chi connectivity index (χ0n) is 20.9. The molecule has 2 heterocycles. The number of alkyl halides is 3. The Kier molecular flexibility index (Phi) is 6.75. The van der Waals surface area contributed by atoms with Crippen LogP contribution in [-0.2, 0) is 12.7 Å². The van der Waals surface area contributed by atoms with Crippen LogP contribution in [0, 0.1) is 12.8 Å². The van der Waals surface area contributed by atoms with Crippen molar-refractivity contribution in [3.05, 3.63) is 96.0 Å². The third-order valence-electron chi connectivity index (χ3n) is 6.46. The van der Waals surface area contributed by atoms with Crippen LogP contribution in [0.25, 0.3) is 22.0 Å². The first-order chi connectivity index (χ1) is 18.2. The Morgan fingerprint density at radius 1 is 1.08 bits per heavy atom. The van der Waals surface area contributed by atoms with Crippen molar-refractivity contribution in [2.75, 3.05) is 10.6 Å². The van der Waals surface area contributed by atoms with Crippen LogP contribution >= 0.6 is 0 Å². The zero-order chi connectivity index (χ0) is 26.9. The lowest BCUT2D eigenvalue weighted by Crippen LogP contribution is -2.19. The molecular formula is C29H26F3N5O. The number of amides is 2. The molecule has 1 aliphatic rings. The van der Waals surface area contributed by atoms with Crippen molar-refractivity contribution in [2.45, 2.75) is 33.0 Å². The Morgan fingerprint density at radius 2 is 1.84 bits per heavy atom.